The number of halogens is 1. The Morgan fingerprint density at radius 3 is 2.12 bits per heavy atom. The molecule has 1 heterocycles. The summed E-state index contributed by atoms with van der Waals surface area (Å²) in [5, 5.41) is 3.08. The fourth-order valence-electron chi connectivity index (χ4n) is 2.16. The predicted octanol–water partition coefficient (Wildman–Crippen LogP) is 3.82. The first-order valence-corrected chi connectivity index (χ1v) is 9.16. The molecule has 0 aliphatic heterocycles. The number of rotatable bonds is 4. The molecule has 1 N–H and O–H groups in total. The van der Waals surface area contributed by atoms with Crippen molar-refractivity contribution in [3.05, 3.63) is 83.5 Å². The Balaban J connectivity index is 1.80. The van der Waals surface area contributed by atoms with Gasteiger partial charge < -0.3 is 5.32 Å². The van der Waals surface area contributed by atoms with Crippen molar-refractivity contribution in [3.8, 4) is 0 Å². The summed E-state index contributed by atoms with van der Waals surface area (Å²) in [7, 11) is -3.60. The third kappa shape index (κ3) is 3.87. The minimum Gasteiger partial charge on any atom is -0.307 e. The molecule has 7 heteroatoms. The van der Waals surface area contributed by atoms with Crippen molar-refractivity contribution in [2.45, 2.75) is 9.79 Å². The molecule has 1 aromatic heterocycles. The highest BCUT2D eigenvalue weighted by Gasteiger charge is 2.17. The van der Waals surface area contributed by atoms with Crippen molar-refractivity contribution < 1.29 is 13.2 Å². The second-order valence-corrected chi connectivity index (χ2v) is 7.54. The number of aromatic nitrogens is 1. The Labute approximate surface area is 150 Å². The van der Waals surface area contributed by atoms with Crippen molar-refractivity contribution >= 4 is 33.2 Å². The summed E-state index contributed by atoms with van der Waals surface area (Å²) in [5.74, 6) is -0.0335. The maximum absolute atomic E-state index is 12.5. The van der Waals surface area contributed by atoms with E-state index in [1.807, 2.05) is 0 Å². The number of carbonyl (C=O) groups is 1. The number of hydrogen-bond donors (Lipinski definition) is 1. The highest BCUT2D eigenvalue weighted by atomic mass is 35.5. The molecule has 5 nitrogen and oxygen atoms in total. The average molecular weight is 373 g/mol. The molecule has 0 unspecified atom stereocenters. The van der Waals surface area contributed by atoms with Gasteiger partial charge in [-0.3, -0.25) is 4.79 Å². The molecule has 0 saturated heterocycles. The SMILES string of the molecule is O=C(Nc1ccc(Cl)cn1)c1ccc(S(=O)(=O)c2ccccc2)cc1. The van der Waals surface area contributed by atoms with Gasteiger partial charge >= 0.3 is 0 Å². The summed E-state index contributed by atoms with van der Waals surface area (Å²) in [6, 6.07) is 17.1. The molecule has 0 saturated carbocycles. The first kappa shape index (κ1) is 17.1. The topological polar surface area (TPSA) is 76.1 Å². The van der Waals surface area contributed by atoms with Crippen LogP contribution in [0.3, 0.4) is 0 Å². The molecule has 3 aromatic rings. The van der Waals surface area contributed by atoms with Gasteiger partial charge in [-0.1, -0.05) is 29.8 Å². The van der Waals surface area contributed by atoms with Crippen LogP contribution >= 0.6 is 11.6 Å². The lowest BCUT2D eigenvalue weighted by atomic mass is 10.2. The number of nitrogens with zero attached hydrogens (tertiary/aromatic N) is 1. The Kier molecular flexibility index (Phi) is 4.83. The third-order valence-electron chi connectivity index (χ3n) is 3.45. The number of hydrogen-bond acceptors (Lipinski definition) is 4. The van der Waals surface area contributed by atoms with E-state index in [2.05, 4.69) is 10.3 Å². The molecular weight excluding hydrogens is 360 g/mol. The summed E-state index contributed by atoms with van der Waals surface area (Å²) >= 11 is 5.74. The Morgan fingerprint density at radius 2 is 1.52 bits per heavy atom. The van der Waals surface area contributed by atoms with Gasteiger partial charge in [-0.15, -0.1) is 0 Å². The van der Waals surface area contributed by atoms with E-state index in [1.54, 1.807) is 30.3 Å². The van der Waals surface area contributed by atoms with Gasteiger partial charge in [0, 0.05) is 11.8 Å². The normalized spacial score (nSPS) is 11.1. The van der Waals surface area contributed by atoms with Gasteiger partial charge in [0.2, 0.25) is 9.84 Å². The van der Waals surface area contributed by atoms with Gasteiger partial charge in [0.25, 0.3) is 5.91 Å². The van der Waals surface area contributed by atoms with Crippen LogP contribution in [-0.4, -0.2) is 19.3 Å². The molecule has 0 fully saturated rings. The number of sulfone groups is 1. The van der Waals surface area contributed by atoms with Crippen molar-refractivity contribution in [1.29, 1.82) is 0 Å². The molecule has 2 aromatic carbocycles. The van der Waals surface area contributed by atoms with Crippen molar-refractivity contribution in [2.75, 3.05) is 5.32 Å². The van der Waals surface area contributed by atoms with Crippen LogP contribution < -0.4 is 5.32 Å². The largest absolute Gasteiger partial charge is 0.307 e. The highest BCUT2D eigenvalue weighted by molar-refractivity contribution is 7.91. The fourth-order valence-corrected chi connectivity index (χ4v) is 3.55. The maximum atomic E-state index is 12.5. The molecule has 0 radical (unpaired) electrons. The van der Waals surface area contributed by atoms with Gasteiger partial charge in [0.05, 0.1) is 14.8 Å². The smallest absolute Gasteiger partial charge is 0.256 e. The molecule has 25 heavy (non-hydrogen) atoms. The quantitative estimate of drug-likeness (QED) is 0.755. The van der Waals surface area contributed by atoms with E-state index in [4.69, 9.17) is 11.6 Å². The van der Waals surface area contributed by atoms with E-state index in [0.717, 1.165) is 0 Å². The van der Waals surface area contributed by atoms with Crippen LogP contribution in [0.5, 0.6) is 0 Å². The van der Waals surface area contributed by atoms with Crippen LogP contribution in [0.15, 0.2) is 82.7 Å². The molecule has 126 valence electrons. The van der Waals surface area contributed by atoms with E-state index in [1.165, 1.54) is 42.6 Å². The van der Waals surface area contributed by atoms with Crippen LogP contribution in [0.1, 0.15) is 10.4 Å². The number of anilines is 1. The minimum atomic E-state index is -3.60. The Hall–Kier alpha value is -2.70. The summed E-state index contributed by atoms with van der Waals surface area (Å²) in [5.41, 5.74) is 0.323. The third-order valence-corrected chi connectivity index (χ3v) is 5.46. The van der Waals surface area contributed by atoms with Crippen LogP contribution in [0.2, 0.25) is 5.02 Å². The lowest BCUT2D eigenvalue weighted by Gasteiger charge is -2.07. The maximum Gasteiger partial charge on any atom is 0.256 e. The monoisotopic (exact) mass is 372 g/mol. The summed E-state index contributed by atoms with van der Waals surface area (Å²) in [4.78, 5) is 16.5. The number of carbonyl (C=O) groups excluding carboxylic acids is 1. The molecule has 0 bridgehead atoms. The highest BCUT2D eigenvalue weighted by Crippen LogP contribution is 2.21. The second kappa shape index (κ2) is 7.04. The molecule has 0 atom stereocenters. The van der Waals surface area contributed by atoms with E-state index >= 15 is 0 Å². The Morgan fingerprint density at radius 1 is 0.880 bits per heavy atom. The predicted molar refractivity (Wildman–Crippen MR) is 95.5 cm³/mol. The van der Waals surface area contributed by atoms with E-state index in [0.29, 0.717) is 16.4 Å². The van der Waals surface area contributed by atoms with Crippen LogP contribution in [0.4, 0.5) is 5.82 Å². The first-order chi connectivity index (χ1) is 12.0. The van der Waals surface area contributed by atoms with Crippen molar-refractivity contribution in [2.24, 2.45) is 0 Å². The fraction of sp³-hybridized carbons (Fsp3) is 0. The van der Waals surface area contributed by atoms with Crippen molar-refractivity contribution in [1.82, 2.24) is 4.98 Å². The second-order valence-electron chi connectivity index (χ2n) is 5.16. The summed E-state index contributed by atoms with van der Waals surface area (Å²) in [6.45, 7) is 0. The van der Waals surface area contributed by atoms with Crippen molar-refractivity contribution in [3.63, 3.8) is 0 Å². The standard InChI is InChI=1S/C18H13ClN2O3S/c19-14-8-11-17(20-12-14)21-18(22)13-6-9-16(10-7-13)25(23,24)15-4-2-1-3-5-15/h1-12H,(H,20,21,22). The lowest BCUT2D eigenvalue weighted by molar-refractivity contribution is 0.102. The zero-order valence-corrected chi connectivity index (χ0v) is 14.5. The van der Waals surface area contributed by atoms with Gasteiger partial charge in [-0.25, -0.2) is 13.4 Å². The summed E-state index contributed by atoms with van der Waals surface area (Å²) < 4.78 is 25.0. The van der Waals surface area contributed by atoms with Gasteiger partial charge in [-0.05, 0) is 48.5 Å². The van der Waals surface area contributed by atoms with Gasteiger partial charge in [0.15, 0.2) is 0 Å². The first-order valence-electron chi connectivity index (χ1n) is 7.30. The molecule has 3 rings (SSSR count). The molecule has 1 amide bonds. The number of amides is 1. The molecule has 0 aliphatic rings. The zero-order valence-electron chi connectivity index (χ0n) is 12.9. The zero-order chi connectivity index (χ0) is 17.9. The molecule has 0 spiro atoms. The molecular formula is C18H13ClN2O3S. The number of nitrogens with one attached hydrogen (secondary N) is 1. The minimum absolute atomic E-state index is 0.125. The van der Waals surface area contributed by atoms with E-state index in [9.17, 15) is 13.2 Å². The van der Waals surface area contributed by atoms with Crippen LogP contribution in [0.25, 0.3) is 0 Å². The van der Waals surface area contributed by atoms with Gasteiger partial charge in [-0.2, -0.15) is 0 Å². The molecule has 0 aliphatic carbocycles. The lowest BCUT2D eigenvalue weighted by Crippen LogP contribution is -2.13. The van der Waals surface area contributed by atoms with E-state index < -0.39 is 15.7 Å². The van der Waals surface area contributed by atoms with E-state index in [-0.39, 0.29) is 9.79 Å². The number of pyridine rings is 1. The van der Waals surface area contributed by atoms with Gasteiger partial charge in [0.1, 0.15) is 5.82 Å². The Bertz CT molecular complexity index is 987. The summed E-state index contributed by atoms with van der Waals surface area (Å²) in [6.07, 6.45) is 1.42. The number of benzene rings is 2. The average Bonchev–Trinajstić information content (AvgIpc) is 2.64. The van der Waals surface area contributed by atoms with Crippen LogP contribution in [-0.2, 0) is 9.84 Å². The van der Waals surface area contributed by atoms with Crippen LogP contribution in [0, 0.1) is 0 Å².